The quantitative estimate of drug-likeness (QED) is 0.877. The molecule has 4 heteroatoms. The highest BCUT2D eigenvalue weighted by atomic mass is 16.2. The van der Waals surface area contributed by atoms with Crippen LogP contribution in [0.1, 0.15) is 41.0 Å². The summed E-state index contributed by atoms with van der Waals surface area (Å²) in [5.41, 5.74) is 1.83. The van der Waals surface area contributed by atoms with Gasteiger partial charge in [-0.05, 0) is 49.9 Å². The fraction of sp³-hybridized carbons (Fsp3) is 0.588. The minimum absolute atomic E-state index is 0.165. The van der Waals surface area contributed by atoms with E-state index in [2.05, 4.69) is 31.4 Å². The molecule has 0 saturated carbocycles. The van der Waals surface area contributed by atoms with Crippen molar-refractivity contribution in [1.82, 2.24) is 5.32 Å². The Morgan fingerprint density at radius 3 is 2.00 bits per heavy atom. The average Bonchev–Trinajstić information content (AvgIpc) is 2.24. The van der Waals surface area contributed by atoms with Gasteiger partial charge < -0.3 is 15.5 Å². The third-order valence-electron chi connectivity index (χ3n) is 3.07. The summed E-state index contributed by atoms with van der Waals surface area (Å²) in [5.74, 6) is 0. The zero-order chi connectivity index (χ0) is 16.3. The van der Waals surface area contributed by atoms with Crippen molar-refractivity contribution in [3.63, 3.8) is 0 Å². The first-order chi connectivity index (χ1) is 9.48. The van der Waals surface area contributed by atoms with Crippen LogP contribution >= 0.6 is 0 Å². The Kier molecular flexibility index (Phi) is 5.26. The van der Waals surface area contributed by atoms with Crippen LogP contribution in [0.5, 0.6) is 0 Å². The molecular weight excluding hydrogens is 262 g/mol. The molecule has 1 rings (SSSR count). The number of carbonyl (C=O) groups excluding carboxylic acids is 1. The van der Waals surface area contributed by atoms with Gasteiger partial charge in [0.2, 0.25) is 0 Å². The summed E-state index contributed by atoms with van der Waals surface area (Å²) in [6.07, 6.45) is 0.910. The molecule has 0 bridgehead atoms. The summed E-state index contributed by atoms with van der Waals surface area (Å²) in [7, 11) is 3.98. The summed E-state index contributed by atoms with van der Waals surface area (Å²) >= 11 is 0. The van der Waals surface area contributed by atoms with Crippen molar-refractivity contribution in [2.75, 3.05) is 24.3 Å². The van der Waals surface area contributed by atoms with Crippen LogP contribution in [-0.4, -0.2) is 25.7 Å². The summed E-state index contributed by atoms with van der Waals surface area (Å²) in [4.78, 5) is 14.1. The number of carbonyl (C=O) groups is 1. The van der Waals surface area contributed by atoms with E-state index in [4.69, 9.17) is 0 Å². The Morgan fingerprint density at radius 1 is 1.05 bits per heavy atom. The van der Waals surface area contributed by atoms with E-state index < -0.39 is 0 Å². The Balaban J connectivity index is 2.61. The van der Waals surface area contributed by atoms with Gasteiger partial charge in [-0.3, -0.25) is 0 Å². The highest BCUT2D eigenvalue weighted by Crippen LogP contribution is 2.26. The van der Waals surface area contributed by atoms with E-state index in [9.17, 15) is 4.79 Å². The number of hydrogen-bond acceptors (Lipinski definition) is 2. The van der Waals surface area contributed by atoms with Crippen LogP contribution in [0.4, 0.5) is 16.2 Å². The lowest BCUT2D eigenvalue weighted by atomic mass is 9.82. The molecule has 21 heavy (non-hydrogen) atoms. The molecule has 2 N–H and O–H groups in total. The van der Waals surface area contributed by atoms with E-state index in [1.54, 1.807) is 0 Å². The predicted molar refractivity (Wildman–Crippen MR) is 91.1 cm³/mol. The highest BCUT2D eigenvalue weighted by molar-refractivity contribution is 5.89. The average molecular weight is 291 g/mol. The van der Waals surface area contributed by atoms with Gasteiger partial charge in [-0.25, -0.2) is 4.79 Å². The highest BCUT2D eigenvalue weighted by Gasteiger charge is 2.26. The Labute approximate surface area is 128 Å². The summed E-state index contributed by atoms with van der Waals surface area (Å²) < 4.78 is 0. The number of nitrogens with zero attached hydrogens (tertiary/aromatic N) is 1. The van der Waals surface area contributed by atoms with Crippen LogP contribution in [0.25, 0.3) is 0 Å². The van der Waals surface area contributed by atoms with Crippen molar-refractivity contribution in [2.24, 2.45) is 5.41 Å². The lowest BCUT2D eigenvalue weighted by Crippen LogP contribution is -2.47. The second kappa shape index (κ2) is 6.37. The number of urea groups is 1. The van der Waals surface area contributed by atoms with E-state index in [0.29, 0.717) is 0 Å². The van der Waals surface area contributed by atoms with Gasteiger partial charge in [0.25, 0.3) is 0 Å². The van der Waals surface area contributed by atoms with Crippen LogP contribution < -0.4 is 15.5 Å². The van der Waals surface area contributed by atoms with Gasteiger partial charge in [0.1, 0.15) is 0 Å². The van der Waals surface area contributed by atoms with Gasteiger partial charge in [0, 0.05) is 31.0 Å². The number of anilines is 2. The molecule has 0 radical (unpaired) electrons. The molecular formula is C17H29N3O. The molecule has 0 aliphatic heterocycles. The fourth-order valence-electron chi connectivity index (χ4n) is 2.68. The molecule has 0 spiro atoms. The van der Waals surface area contributed by atoms with Gasteiger partial charge in [-0.2, -0.15) is 0 Å². The topological polar surface area (TPSA) is 44.4 Å². The Morgan fingerprint density at radius 2 is 1.57 bits per heavy atom. The molecule has 0 heterocycles. The van der Waals surface area contributed by atoms with Crippen molar-refractivity contribution in [2.45, 2.75) is 46.6 Å². The monoisotopic (exact) mass is 291 g/mol. The molecule has 1 aromatic carbocycles. The van der Waals surface area contributed by atoms with E-state index in [1.807, 2.05) is 57.1 Å². The van der Waals surface area contributed by atoms with Gasteiger partial charge in [-0.1, -0.05) is 20.8 Å². The molecule has 0 saturated heterocycles. The van der Waals surface area contributed by atoms with E-state index >= 15 is 0 Å². The zero-order valence-electron chi connectivity index (χ0n) is 14.4. The summed E-state index contributed by atoms with van der Waals surface area (Å²) in [5, 5.41) is 5.92. The molecule has 118 valence electrons. The minimum Gasteiger partial charge on any atom is -0.378 e. The first-order valence-electron chi connectivity index (χ1n) is 7.35. The number of rotatable bonds is 4. The predicted octanol–water partition coefficient (Wildman–Crippen LogP) is 4.09. The van der Waals surface area contributed by atoms with E-state index in [0.717, 1.165) is 17.8 Å². The number of nitrogens with one attached hydrogen (secondary N) is 2. The molecule has 0 fully saturated rings. The molecule has 0 aliphatic carbocycles. The lowest BCUT2D eigenvalue weighted by molar-refractivity contribution is 0.220. The van der Waals surface area contributed by atoms with Gasteiger partial charge >= 0.3 is 6.03 Å². The Hall–Kier alpha value is -1.71. The normalized spacial score (nSPS) is 12.0. The Bertz CT molecular complexity index is 470. The van der Waals surface area contributed by atoms with Crippen LogP contribution in [0.15, 0.2) is 24.3 Å². The molecule has 0 unspecified atom stereocenters. The standard InChI is InChI=1S/C17H29N3O/c1-16(2,3)12-17(4,5)19-15(21)18-13-8-10-14(11-9-13)20(6)7/h8-11H,12H2,1-7H3,(H2,18,19,21). The minimum atomic E-state index is -0.244. The van der Waals surface area contributed by atoms with Crippen molar-refractivity contribution >= 4 is 17.4 Å². The molecule has 2 amide bonds. The van der Waals surface area contributed by atoms with Crippen molar-refractivity contribution in [3.05, 3.63) is 24.3 Å². The fourth-order valence-corrected chi connectivity index (χ4v) is 2.68. The number of benzene rings is 1. The molecule has 1 aromatic rings. The third kappa shape index (κ3) is 6.52. The first-order valence-corrected chi connectivity index (χ1v) is 7.35. The first kappa shape index (κ1) is 17.3. The van der Waals surface area contributed by atoms with Crippen LogP contribution in [0.3, 0.4) is 0 Å². The second-order valence-electron chi connectivity index (χ2n) is 7.64. The van der Waals surface area contributed by atoms with E-state index in [1.165, 1.54) is 0 Å². The maximum atomic E-state index is 12.1. The molecule has 0 atom stereocenters. The molecule has 0 aromatic heterocycles. The van der Waals surface area contributed by atoms with Crippen molar-refractivity contribution in [3.8, 4) is 0 Å². The summed E-state index contributed by atoms with van der Waals surface area (Å²) in [6, 6.07) is 7.62. The van der Waals surface area contributed by atoms with Gasteiger partial charge in [0.15, 0.2) is 0 Å². The zero-order valence-corrected chi connectivity index (χ0v) is 14.4. The van der Waals surface area contributed by atoms with Gasteiger partial charge in [-0.15, -0.1) is 0 Å². The van der Waals surface area contributed by atoms with Crippen LogP contribution in [-0.2, 0) is 0 Å². The number of hydrogen-bond donors (Lipinski definition) is 2. The maximum absolute atomic E-state index is 12.1. The lowest BCUT2D eigenvalue weighted by Gasteiger charge is -2.33. The van der Waals surface area contributed by atoms with Crippen molar-refractivity contribution in [1.29, 1.82) is 0 Å². The van der Waals surface area contributed by atoms with Gasteiger partial charge in [0.05, 0.1) is 0 Å². The van der Waals surface area contributed by atoms with Crippen LogP contribution in [0.2, 0.25) is 0 Å². The van der Waals surface area contributed by atoms with E-state index in [-0.39, 0.29) is 17.0 Å². The largest absolute Gasteiger partial charge is 0.378 e. The van der Waals surface area contributed by atoms with Crippen LogP contribution in [0, 0.1) is 5.41 Å². The molecule has 4 nitrogen and oxygen atoms in total. The van der Waals surface area contributed by atoms with Crippen molar-refractivity contribution < 1.29 is 4.79 Å². The summed E-state index contributed by atoms with van der Waals surface area (Å²) in [6.45, 7) is 10.6. The molecule has 0 aliphatic rings. The second-order valence-corrected chi connectivity index (χ2v) is 7.64. The third-order valence-corrected chi connectivity index (χ3v) is 3.07. The smallest absolute Gasteiger partial charge is 0.319 e. The number of amides is 2. The SMILES string of the molecule is CN(C)c1ccc(NC(=O)NC(C)(C)CC(C)(C)C)cc1. The maximum Gasteiger partial charge on any atom is 0.319 e.